The third kappa shape index (κ3) is 6.08. The van der Waals surface area contributed by atoms with Crippen molar-refractivity contribution in [1.82, 2.24) is 5.32 Å². The van der Waals surface area contributed by atoms with Gasteiger partial charge in [0.2, 0.25) is 0 Å². The van der Waals surface area contributed by atoms with E-state index in [0.717, 1.165) is 5.56 Å². The average Bonchev–Trinajstić information content (AvgIpc) is 2.55. The van der Waals surface area contributed by atoms with Crippen molar-refractivity contribution in [2.45, 2.75) is 19.9 Å². The second-order valence-electron chi connectivity index (χ2n) is 4.93. The summed E-state index contributed by atoms with van der Waals surface area (Å²) in [6, 6.07) is 13.5. The van der Waals surface area contributed by atoms with Gasteiger partial charge in [0, 0.05) is 13.1 Å². The molecule has 5 heteroatoms. The Labute approximate surface area is 135 Å². The first-order chi connectivity index (χ1) is 11.2. The highest BCUT2D eigenvalue weighted by molar-refractivity contribution is 5.69. The molecule has 0 aliphatic carbocycles. The van der Waals surface area contributed by atoms with E-state index >= 15 is 0 Å². The summed E-state index contributed by atoms with van der Waals surface area (Å²) in [5, 5.41) is 3.18. The summed E-state index contributed by atoms with van der Waals surface area (Å²) in [4.78, 5) is 11.2. The Morgan fingerprint density at radius 2 is 1.65 bits per heavy atom. The summed E-state index contributed by atoms with van der Waals surface area (Å²) in [5.74, 6) is 0.795. The van der Waals surface area contributed by atoms with Gasteiger partial charge in [0.15, 0.2) is 0 Å². The number of carbonyl (C=O) groups excluding carboxylic acids is 1. The minimum absolute atomic E-state index is 0.192. The molecule has 0 aliphatic rings. The number of benzene rings is 2. The summed E-state index contributed by atoms with van der Waals surface area (Å²) in [7, 11) is 0. The van der Waals surface area contributed by atoms with E-state index in [1.165, 1.54) is 12.1 Å². The van der Waals surface area contributed by atoms with Gasteiger partial charge < -0.3 is 14.8 Å². The molecule has 0 saturated heterocycles. The predicted octanol–water partition coefficient (Wildman–Crippen LogP) is 3.66. The van der Waals surface area contributed by atoms with Crippen molar-refractivity contribution >= 4 is 5.97 Å². The van der Waals surface area contributed by atoms with Crippen molar-refractivity contribution in [2.75, 3.05) is 13.2 Å². The fraction of sp³-hybridized carbons (Fsp3) is 0.278. The zero-order valence-corrected chi connectivity index (χ0v) is 13.0. The lowest BCUT2D eigenvalue weighted by molar-refractivity contribution is -0.142. The second kappa shape index (κ2) is 8.90. The molecule has 4 nitrogen and oxygen atoms in total. The number of nitrogens with one attached hydrogen (secondary N) is 1. The number of hydrogen-bond acceptors (Lipinski definition) is 4. The number of carbonyl (C=O) groups is 1. The van der Waals surface area contributed by atoms with Crippen molar-refractivity contribution < 1.29 is 18.7 Å². The molecule has 0 unspecified atom stereocenters. The molecule has 2 rings (SSSR count). The Balaban J connectivity index is 1.76. The molecule has 0 saturated carbocycles. The first-order valence-electron chi connectivity index (χ1n) is 7.56. The van der Waals surface area contributed by atoms with Crippen LogP contribution >= 0.6 is 0 Å². The molecule has 0 fully saturated rings. The molecule has 23 heavy (non-hydrogen) atoms. The zero-order valence-electron chi connectivity index (χ0n) is 13.0. The van der Waals surface area contributed by atoms with Crippen LogP contribution < -0.4 is 10.1 Å². The second-order valence-corrected chi connectivity index (χ2v) is 4.93. The van der Waals surface area contributed by atoms with Crippen LogP contribution in [0, 0.1) is 5.82 Å². The molecule has 0 amide bonds. The lowest BCUT2D eigenvalue weighted by Crippen LogP contribution is -2.18. The van der Waals surface area contributed by atoms with Gasteiger partial charge in [-0.1, -0.05) is 12.1 Å². The highest BCUT2D eigenvalue weighted by atomic mass is 19.1. The molecule has 0 spiro atoms. The summed E-state index contributed by atoms with van der Waals surface area (Å²) in [5.41, 5.74) is 1.08. The van der Waals surface area contributed by atoms with Crippen LogP contribution in [0.3, 0.4) is 0 Å². The number of halogens is 1. The van der Waals surface area contributed by atoms with E-state index in [-0.39, 0.29) is 11.8 Å². The summed E-state index contributed by atoms with van der Waals surface area (Å²) in [6.45, 7) is 3.44. The predicted molar refractivity (Wildman–Crippen MR) is 85.9 cm³/mol. The Bertz CT molecular complexity index is 611. The third-order valence-corrected chi connectivity index (χ3v) is 3.11. The van der Waals surface area contributed by atoms with Gasteiger partial charge in [-0.3, -0.25) is 4.79 Å². The number of ether oxygens (including phenoxy) is 2. The maximum Gasteiger partial charge on any atom is 0.307 e. The lowest BCUT2D eigenvalue weighted by Gasteiger charge is -2.08. The van der Waals surface area contributed by atoms with Crippen molar-refractivity contribution in [3.8, 4) is 11.5 Å². The maximum absolute atomic E-state index is 12.8. The van der Waals surface area contributed by atoms with Crippen LogP contribution in [0.2, 0.25) is 0 Å². The quantitative estimate of drug-likeness (QED) is 0.596. The van der Waals surface area contributed by atoms with Gasteiger partial charge in [0.1, 0.15) is 17.3 Å². The van der Waals surface area contributed by atoms with Gasteiger partial charge in [0.05, 0.1) is 13.0 Å². The fourth-order valence-electron chi connectivity index (χ4n) is 1.97. The van der Waals surface area contributed by atoms with Gasteiger partial charge in [-0.25, -0.2) is 4.39 Å². The van der Waals surface area contributed by atoms with Crippen LogP contribution in [0.1, 0.15) is 18.9 Å². The standard InChI is InChI=1S/C18H20FNO3/c1-2-22-18(21)11-12-20-13-14-3-7-16(8-4-14)23-17-9-5-15(19)6-10-17/h3-10,20H,2,11-13H2,1H3. The van der Waals surface area contributed by atoms with Gasteiger partial charge in [-0.15, -0.1) is 0 Å². The summed E-state index contributed by atoms with van der Waals surface area (Å²) >= 11 is 0. The van der Waals surface area contributed by atoms with Crippen LogP contribution in [0.25, 0.3) is 0 Å². The van der Waals surface area contributed by atoms with E-state index in [4.69, 9.17) is 9.47 Å². The molecule has 0 bridgehead atoms. The Morgan fingerprint density at radius 3 is 2.26 bits per heavy atom. The van der Waals surface area contributed by atoms with Gasteiger partial charge in [-0.2, -0.15) is 0 Å². The molecule has 2 aromatic carbocycles. The van der Waals surface area contributed by atoms with Crippen molar-refractivity contribution in [3.63, 3.8) is 0 Å². The van der Waals surface area contributed by atoms with Crippen LogP contribution in [-0.4, -0.2) is 19.1 Å². The number of hydrogen-bond donors (Lipinski definition) is 1. The van der Waals surface area contributed by atoms with E-state index < -0.39 is 0 Å². The normalized spacial score (nSPS) is 10.3. The molecule has 2 aromatic rings. The monoisotopic (exact) mass is 317 g/mol. The first-order valence-corrected chi connectivity index (χ1v) is 7.56. The first kappa shape index (κ1) is 17.0. The Kier molecular flexibility index (Phi) is 6.56. The molecular formula is C18H20FNO3. The van der Waals surface area contributed by atoms with E-state index in [2.05, 4.69) is 5.32 Å². The Morgan fingerprint density at radius 1 is 1.04 bits per heavy atom. The molecule has 0 aliphatic heterocycles. The molecular weight excluding hydrogens is 297 g/mol. The van der Waals surface area contributed by atoms with Gasteiger partial charge in [0.25, 0.3) is 0 Å². The fourth-order valence-corrected chi connectivity index (χ4v) is 1.97. The lowest BCUT2D eigenvalue weighted by atomic mass is 10.2. The summed E-state index contributed by atoms with van der Waals surface area (Å²) in [6.07, 6.45) is 0.361. The van der Waals surface area contributed by atoms with Gasteiger partial charge >= 0.3 is 5.97 Å². The van der Waals surface area contributed by atoms with Crippen molar-refractivity contribution in [1.29, 1.82) is 0 Å². The third-order valence-electron chi connectivity index (χ3n) is 3.11. The van der Waals surface area contributed by atoms with E-state index in [9.17, 15) is 9.18 Å². The van der Waals surface area contributed by atoms with E-state index in [1.54, 1.807) is 19.1 Å². The zero-order chi connectivity index (χ0) is 16.5. The smallest absolute Gasteiger partial charge is 0.307 e. The number of esters is 1. The number of rotatable bonds is 8. The molecule has 122 valence electrons. The van der Waals surface area contributed by atoms with Crippen LogP contribution in [0.5, 0.6) is 11.5 Å². The maximum atomic E-state index is 12.8. The topological polar surface area (TPSA) is 47.6 Å². The van der Waals surface area contributed by atoms with Crippen LogP contribution in [-0.2, 0) is 16.1 Å². The molecule has 0 aromatic heterocycles. The van der Waals surface area contributed by atoms with E-state index in [1.807, 2.05) is 24.3 Å². The van der Waals surface area contributed by atoms with Gasteiger partial charge in [-0.05, 0) is 48.9 Å². The molecule has 0 heterocycles. The molecule has 1 N–H and O–H groups in total. The van der Waals surface area contributed by atoms with Crippen molar-refractivity contribution in [2.24, 2.45) is 0 Å². The molecule has 0 atom stereocenters. The minimum atomic E-state index is -0.290. The van der Waals surface area contributed by atoms with Crippen LogP contribution in [0.15, 0.2) is 48.5 Å². The van der Waals surface area contributed by atoms with E-state index in [0.29, 0.717) is 37.6 Å². The van der Waals surface area contributed by atoms with Crippen LogP contribution in [0.4, 0.5) is 4.39 Å². The SMILES string of the molecule is CCOC(=O)CCNCc1ccc(Oc2ccc(F)cc2)cc1. The largest absolute Gasteiger partial charge is 0.466 e. The summed E-state index contributed by atoms with van der Waals surface area (Å²) < 4.78 is 23.3. The highest BCUT2D eigenvalue weighted by Crippen LogP contribution is 2.21. The average molecular weight is 317 g/mol. The molecule has 0 radical (unpaired) electrons. The highest BCUT2D eigenvalue weighted by Gasteiger charge is 2.01. The van der Waals surface area contributed by atoms with Crippen molar-refractivity contribution in [3.05, 3.63) is 59.9 Å². The minimum Gasteiger partial charge on any atom is -0.466 e. The Hall–Kier alpha value is -2.40.